The van der Waals surface area contributed by atoms with Crippen LogP contribution in [-0.4, -0.2) is 148 Å². The van der Waals surface area contributed by atoms with E-state index in [1.807, 2.05) is 0 Å². The second-order valence-corrected chi connectivity index (χ2v) is 30.7. The van der Waals surface area contributed by atoms with Crippen molar-refractivity contribution in [2.75, 3.05) is 105 Å². The summed E-state index contributed by atoms with van der Waals surface area (Å²) in [5, 5.41) is 6.08. The van der Waals surface area contributed by atoms with Crippen LogP contribution >= 0.6 is 11.1 Å². The van der Waals surface area contributed by atoms with Crippen molar-refractivity contribution in [2.24, 2.45) is 63.5 Å². The molecule has 428 valence electrons. The molecule has 4 fully saturated rings. The zero-order valence-electron chi connectivity index (χ0n) is 47.4. The summed E-state index contributed by atoms with van der Waals surface area (Å²) in [4.78, 5) is 27.9. The van der Waals surface area contributed by atoms with Crippen LogP contribution in [0, 0.1) is 46.3 Å². The van der Waals surface area contributed by atoms with E-state index in [0.29, 0.717) is 127 Å². The third-order valence-corrected chi connectivity index (χ3v) is 20.0. The Morgan fingerprint density at radius 3 is 1.97 bits per heavy atom. The Morgan fingerprint density at radius 1 is 0.685 bits per heavy atom. The van der Waals surface area contributed by atoms with Crippen LogP contribution in [-0.2, 0) is 33.2 Å². The van der Waals surface area contributed by atoms with Crippen molar-refractivity contribution in [2.45, 2.75) is 200 Å². The van der Waals surface area contributed by atoms with Crippen molar-refractivity contribution in [1.29, 1.82) is 0 Å². The topological polar surface area (TPSA) is 195 Å². The smallest absolute Gasteiger partial charge is 0.317 e. The molecule has 4 aliphatic rings. The molecule has 0 aromatic heterocycles. The number of urea groups is 1. The second-order valence-electron chi connectivity index (χ2n) is 23.7. The summed E-state index contributed by atoms with van der Waals surface area (Å²) >= 11 is 6.37. The molecule has 0 aliphatic heterocycles. The summed E-state index contributed by atoms with van der Waals surface area (Å²) in [5.74, 6) is 3.25. The normalized spacial score (nSPS) is 28.3. The monoisotopic (exact) mass is 1070 g/mol. The lowest BCUT2D eigenvalue weighted by Gasteiger charge is -2.65. The van der Waals surface area contributed by atoms with Gasteiger partial charge in [0.2, 0.25) is 5.91 Å². The van der Waals surface area contributed by atoms with Gasteiger partial charge in [-0.3, -0.25) is 4.79 Å². The van der Waals surface area contributed by atoms with Gasteiger partial charge >= 0.3 is 6.03 Å². The lowest BCUT2D eigenvalue weighted by Crippen LogP contribution is -2.63. The SMILES string of the molecule is CCCCCCCCN(CCC[C@@H](C)[C@H]1CC[C@H]2C3[C@H](OCCCN)CC4C[C@H](OCCCN)CC[C@]4(C)[C@H]3C[C@H](OCCCN)[C@]12C)C(=O)NCCOCCOCCOCCNC(=O)CCCC[Si](C)(C)Cl. The van der Waals surface area contributed by atoms with Crippen molar-refractivity contribution < 1.29 is 38.0 Å². The number of hydrogen-bond donors (Lipinski definition) is 5. The highest BCUT2D eigenvalue weighted by molar-refractivity contribution is 7.19. The summed E-state index contributed by atoms with van der Waals surface area (Å²) in [5.41, 5.74) is 18.2. The molecule has 3 amide bonds. The third kappa shape index (κ3) is 21.6. The predicted octanol–water partition coefficient (Wildman–Crippen LogP) is 9.64. The van der Waals surface area contributed by atoms with Crippen molar-refractivity contribution in [3.05, 3.63) is 0 Å². The number of unbranched alkanes of at least 4 members (excludes halogenated alkanes) is 6. The van der Waals surface area contributed by atoms with Gasteiger partial charge in [-0.1, -0.05) is 79.3 Å². The Balaban J connectivity index is 1.27. The highest BCUT2D eigenvalue weighted by Gasteiger charge is 2.66. The first-order chi connectivity index (χ1) is 35.2. The molecule has 11 atom stereocenters. The fourth-order valence-corrected chi connectivity index (χ4v) is 15.4. The number of carbonyl (C=O) groups is 2. The first-order valence-corrected chi connectivity index (χ1v) is 34.1. The van der Waals surface area contributed by atoms with Gasteiger partial charge in [-0.05, 0) is 156 Å². The molecular weight excluding hydrogens is 960 g/mol. The molecule has 4 rings (SSSR count). The second kappa shape index (κ2) is 35.4. The van der Waals surface area contributed by atoms with Crippen LogP contribution in [0.25, 0.3) is 0 Å². The van der Waals surface area contributed by atoms with Crippen LogP contribution in [0.3, 0.4) is 0 Å². The number of hydrogen-bond acceptors (Lipinski definition) is 11. The van der Waals surface area contributed by atoms with Gasteiger partial charge in [0.15, 0.2) is 0 Å². The van der Waals surface area contributed by atoms with Crippen LogP contribution in [0.4, 0.5) is 4.79 Å². The zero-order chi connectivity index (χ0) is 53.0. The number of nitrogens with one attached hydrogen (secondary N) is 2. The van der Waals surface area contributed by atoms with E-state index in [2.05, 4.69) is 56.3 Å². The average Bonchev–Trinajstić information content (AvgIpc) is 3.72. The maximum Gasteiger partial charge on any atom is 0.317 e. The van der Waals surface area contributed by atoms with E-state index >= 15 is 0 Å². The van der Waals surface area contributed by atoms with Crippen molar-refractivity contribution in [3.63, 3.8) is 0 Å². The molecule has 0 aromatic rings. The minimum atomic E-state index is -1.56. The summed E-state index contributed by atoms with van der Waals surface area (Å²) < 4.78 is 37.7. The Kier molecular flexibility index (Phi) is 31.2. The number of ether oxygens (including phenoxy) is 6. The molecular formula is C57H111ClN6O8Si. The number of carbonyl (C=O) groups excluding carboxylic acids is 2. The molecule has 16 heteroatoms. The summed E-state index contributed by atoms with van der Waals surface area (Å²) in [6, 6.07) is 1.04. The molecule has 0 heterocycles. The molecule has 4 aliphatic carbocycles. The first-order valence-electron chi connectivity index (χ1n) is 29.9. The Morgan fingerprint density at radius 2 is 1.30 bits per heavy atom. The highest BCUT2D eigenvalue weighted by atomic mass is 35.6. The average molecular weight is 1070 g/mol. The minimum absolute atomic E-state index is 0.00628. The number of nitrogens with zero attached hydrogens (tertiary/aromatic N) is 1. The van der Waals surface area contributed by atoms with Crippen LogP contribution in [0.1, 0.15) is 163 Å². The molecule has 73 heavy (non-hydrogen) atoms. The quantitative estimate of drug-likeness (QED) is 0.0222. The number of amides is 3. The summed E-state index contributed by atoms with van der Waals surface area (Å²) in [6.07, 6.45) is 23.1. The molecule has 0 spiro atoms. The number of rotatable bonds is 41. The fraction of sp³-hybridized carbons (Fsp3) is 0.965. The summed E-state index contributed by atoms with van der Waals surface area (Å²) in [7, 11) is -1.56. The standard InChI is InChI=1S/C57H111ClN6O8Si/c1-7-8-9-10-11-13-30-64(55(66)63-29-36-68-38-40-69-39-37-67-35-28-62-53(65)20-12-14-41-73(5,6)58)31-15-19-45(2)48-21-22-49-54-50(44-52(57(48,49)4)72-34-18-27-61)56(3)24-23-47(70-32-16-25-59)42-46(56)43-51(54)71-33-17-26-60/h45-52,54H,7-44,59-61H2,1-6H3,(H,62,65)(H,63,66)/t45-,46?,47-,48-,49+,50+,51-,52+,54?,56+,57-/m1/s1. The lowest BCUT2D eigenvalue weighted by atomic mass is 9.43. The van der Waals surface area contributed by atoms with Gasteiger partial charge in [0, 0.05) is 57.8 Å². The molecule has 0 radical (unpaired) electrons. The molecule has 2 unspecified atom stereocenters. The van der Waals surface area contributed by atoms with Crippen LogP contribution in [0.2, 0.25) is 19.1 Å². The molecule has 8 N–H and O–H groups in total. The first kappa shape index (κ1) is 64.4. The van der Waals surface area contributed by atoms with Crippen molar-refractivity contribution in [1.82, 2.24) is 15.5 Å². The molecule has 0 saturated heterocycles. The van der Waals surface area contributed by atoms with Crippen LogP contribution in [0.15, 0.2) is 0 Å². The van der Waals surface area contributed by atoms with E-state index in [1.54, 1.807) is 0 Å². The number of fused-ring (bicyclic) bond motifs is 5. The van der Waals surface area contributed by atoms with E-state index < -0.39 is 7.38 Å². The van der Waals surface area contributed by atoms with Gasteiger partial charge in [-0.2, -0.15) is 11.1 Å². The van der Waals surface area contributed by atoms with E-state index in [0.717, 1.165) is 116 Å². The van der Waals surface area contributed by atoms with Crippen LogP contribution < -0.4 is 27.8 Å². The Bertz CT molecular complexity index is 1490. The Labute approximate surface area is 450 Å². The van der Waals surface area contributed by atoms with Crippen molar-refractivity contribution >= 4 is 30.4 Å². The molecule has 14 nitrogen and oxygen atoms in total. The highest BCUT2D eigenvalue weighted by Crippen LogP contribution is 2.69. The van der Waals surface area contributed by atoms with Gasteiger partial charge in [-0.15, -0.1) is 0 Å². The molecule has 4 saturated carbocycles. The van der Waals surface area contributed by atoms with E-state index in [1.165, 1.54) is 44.9 Å². The van der Waals surface area contributed by atoms with Gasteiger partial charge in [0.1, 0.15) is 7.38 Å². The zero-order valence-corrected chi connectivity index (χ0v) is 49.1. The number of halogens is 1. The van der Waals surface area contributed by atoms with E-state index in [-0.39, 0.29) is 35.0 Å². The largest absolute Gasteiger partial charge is 0.378 e. The summed E-state index contributed by atoms with van der Waals surface area (Å²) in [6.45, 7) is 23.6. The lowest BCUT2D eigenvalue weighted by molar-refractivity contribution is -0.227. The number of nitrogens with two attached hydrogens (primary N) is 3. The molecule has 0 bridgehead atoms. The van der Waals surface area contributed by atoms with Crippen LogP contribution in [0.5, 0.6) is 0 Å². The van der Waals surface area contributed by atoms with E-state index in [4.69, 9.17) is 56.7 Å². The minimum Gasteiger partial charge on any atom is -0.378 e. The van der Waals surface area contributed by atoms with Crippen molar-refractivity contribution in [3.8, 4) is 0 Å². The maximum atomic E-state index is 13.8. The third-order valence-electron chi connectivity index (χ3n) is 17.9. The van der Waals surface area contributed by atoms with Gasteiger partial charge in [0.05, 0.1) is 58.0 Å². The van der Waals surface area contributed by atoms with Gasteiger partial charge in [-0.25, -0.2) is 4.79 Å². The molecule has 0 aromatic carbocycles. The fourth-order valence-electron chi connectivity index (χ4n) is 13.9. The predicted molar refractivity (Wildman–Crippen MR) is 300 cm³/mol. The van der Waals surface area contributed by atoms with E-state index in [9.17, 15) is 9.59 Å². The Hall–Kier alpha value is -1.11. The van der Waals surface area contributed by atoms with Gasteiger partial charge in [0.25, 0.3) is 0 Å². The maximum absolute atomic E-state index is 13.8. The van der Waals surface area contributed by atoms with Gasteiger partial charge < -0.3 is 61.2 Å².